The van der Waals surface area contributed by atoms with Gasteiger partial charge in [-0.15, -0.1) is 11.3 Å². The van der Waals surface area contributed by atoms with E-state index in [4.69, 9.17) is 9.84 Å². The molecule has 0 spiro atoms. The maximum absolute atomic E-state index is 12.7. The van der Waals surface area contributed by atoms with Gasteiger partial charge in [0.25, 0.3) is 5.91 Å². The van der Waals surface area contributed by atoms with Crippen molar-refractivity contribution < 1.29 is 24.2 Å². The molecule has 2 aliphatic heterocycles. The summed E-state index contributed by atoms with van der Waals surface area (Å²) in [5.41, 5.74) is 0.0669. The largest absolute Gasteiger partial charge is 0.477 e. The molecule has 154 valence electrons. The number of aromatic carboxylic acids is 1. The first-order valence-electron chi connectivity index (χ1n) is 9.77. The first-order chi connectivity index (χ1) is 13.1. The van der Waals surface area contributed by atoms with Crippen LogP contribution in [0.2, 0.25) is 0 Å². The summed E-state index contributed by atoms with van der Waals surface area (Å²) < 4.78 is 5.43. The normalized spacial score (nSPS) is 18.2. The van der Waals surface area contributed by atoms with Gasteiger partial charge in [-0.2, -0.15) is 0 Å². The molecule has 2 aliphatic rings. The minimum absolute atomic E-state index is 0.0591. The number of carboxylic acid groups (broad SMARTS) is 1. The number of rotatable bonds is 4. The van der Waals surface area contributed by atoms with E-state index in [0.717, 1.165) is 30.6 Å². The van der Waals surface area contributed by atoms with Crippen LogP contribution in [0.4, 0.5) is 4.79 Å². The highest BCUT2D eigenvalue weighted by molar-refractivity contribution is 7.14. The Kier molecular flexibility index (Phi) is 5.98. The van der Waals surface area contributed by atoms with Gasteiger partial charge in [0, 0.05) is 37.5 Å². The summed E-state index contributed by atoms with van der Waals surface area (Å²) in [6.45, 7) is 8.28. The van der Waals surface area contributed by atoms with Crippen molar-refractivity contribution in [1.82, 2.24) is 9.80 Å². The predicted octanol–water partition coefficient (Wildman–Crippen LogP) is 3.48. The van der Waals surface area contributed by atoms with Crippen LogP contribution in [0.1, 0.15) is 64.9 Å². The average Bonchev–Trinajstić information content (AvgIpc) is 3.06. The van der Waals surface area contributed by atoms with Crippen LogP contribution in [0.5, 0.6) is 0 Å². The molecule has 0 aromatic carbocycles. The van der Waals surface area contributed by atoms with E-state index in [1.165, 1.54) is 17.4 Å². The molecule has 1 aromatic rings. The molecule has 1 aromatic heterocycles. The van der Waals surface area contributed by atoms with Crippen LogP contribution >= 0.6 is 11.3 Å². The number of piperidine rings is 1. The lowest BCUT2D eigenvalue weighted by molar-refractivity contribution is 0.0178. The van der Waals surface area contributed by atoms with E-state index in [9.17, 15) is 14.4 Å². The van der Waals surface area contributed by atoms with Gasteiger partial charge in [-0.3, -0.25) is 4.79 Å². The zero-order chi connectivity index (χ0) is 20.5. The third-order valence-electron chi connectivity index (χ3n) is 5.22. The number of amides is 2. The van der Waals surface area contributed by atoms with Crippen molar-refractivity contribution in [3.8, 4) is 0 Å². The maximum atomic E-state index is 12.7. The summed E-state index contributed by atoms with van der Waals surface area (Å²) in [4.78, 5) is 40.7. The van der Waals surface area contributed by atoms with E-state index < -0.39 is 11.6 Å². The number of ether oxygens (including phenoxy) is 1. The number of fused-ring (bicyclic) bond motifs is 1. The van der Waals surface area contributed by atoms with Crippen LogP contribution in [0, 0.1) is 5.92 Å². The molecule has 3 rings (SSSR count). The molecule has 0 atom stereocenters. The zero-order valence-corrected chi connectivity index (χ0v) is 17.5. The molecule has 28 heavy (non-hydrogen) atoms. The number of likely N-dealkylation sites (tertiary alicyclic amines) is 1. The second kappa shape index (κ2) is 8.11. The Balaban J connectivity index is 1.47. The monoisotopic (exact) mass is 408 g/mol. The van der Waals surface area contributed by atoms with E-state index in [0.29, 0.717) is 37.7 Å². The van der Waals surface area contributed by atoms with Crippen LogP contribution in [-0.4, -0.2) is 64.7 Å². The average molecular weight is 409 g/mol. The Morgan fingerprint density at radius 1 is 1.25 bits per heavy atom. The number of thiophene rings is 1. The van der Waals surface area contributed by atoms with Gasteiger partial charge in [0.15, 0.2) is 0 Å². The second-order valence-corrected chi connectivity index (χ2v) is 9.63. The van der Waals surface area contributed by atoms with E-state index in [2.05, 4.69) is 0 Å². The van der Waals surface area contributed by atoms with Crippen LogP contribution in [0.25, 0.3) is 0 Å². The third kappa shape index (κ3) is 4.84. The van der Waals surface area contributed by atoms with Crippen molar-refractivity contribution in [2.45, 2.75) is 52.1 Å². The number of hydrogen-bond acceptors (Lipinski definition) is 5. The lowest BCUT2D eigenvalue weighted by atomic mass is 9.93. The highest BCUT2D eigenvalue weighted by Gasteiger charge is 2.30. The fourth-order valence-corrected chi connectivity index (χ4v) is 4.67. The maximum Gasteiger partial charge on any atom is 0.410 e. The van der Waals surface area contributed by atoms with Gasteiger partial charge < -0.3 is 19.6 Å². The predicted molar refractivity (Wildman–Crippen MR) is 106 cm³/mol. The fourth-order valence-electron chi connectivity index (χ4n) is 3.69. The topological polar surface area (TPSA) is 87.2 Å². The number of carbonyl (C=O) groups is 3. The standard InChI is InChI=1S/C20H28N2O5S/c1-20(2,3)27-19(26)22-9-5-13(6-10-22)4-8-21-11-7-15-14(17(21)23)12-16(28-15)18(24)25/h12-13H,4-11H2,1-3H3,(H,24,25). The number of carbonyl (C=O) groups excluding carboxylic acids is 2. The zero-order valence-electron chi connectivity index (χ0n) is 16.7. The van der Waals surface area contributed by atoms with E-state index in [1.54, 1.807) is 4.90 Å². The van der Waals surface area contributed by atoms with Crippen LogP contribution in [0.3, 0.4) is 0 Å². The van der Waals surface area contributed by atoms with Gasteiger partial charge in [0.2, 0.25) is 0 Å². The summed E-state index contributed by atoms with van der Waals surface area (Å²) in [5, 5.41) is 9.13. The van der Waals surface area contributed by atoms with Crippen molar-refractivity contribution >= 4 is 29.3 Å². The summed E-state index contributed by atoms with van der Waals surface area (Å²) in [6.07, 6.45) is 3.19. The Bertz CT molecular complexity index is 759. The molecule has 0 radical (unpaired) electrons. The molecular formula is C20H28N2O5S. The molecule has 3 heterocycles. The summed E-state index contributed by atoms with van der Waals surface area (Å²) in [6, 6.07) is 1.51. The molecule has 8 heteroatoms. The molecule has 0 aliphatic carbocycles. The summed E-state index contributed by atoms with van der Waals surface area (Å²) in [7, 11) is 0. The number of hydrogen-bond donors (Lipinski definition) is 1. The fraction of sp³-hybridized carbons (Fsp3) is 0.650. The highest BCUT2D eigenvalue weighted by atomic mass is 32.1. The highest BCUT2D eigenvalue weighted by Crippen LogP contribution is 2.29. The first-order valence-corrected chi connectivity index (χ1v) is 10.6. The number of carboxylic acids is 1. The first kappa shape index (κ1) is 20.6. The number of nitrogens with zero attached hydrogens (tertiary/aromatic N) is 2. The summed E-state index contributed by atoms with van der Waals surface area (Å²) in [5.74, 6) is -0.559. The van der Waals surface area contributed by atoms with Gasteiger partial charge >= 0.3 is 12.1 Å². The SMILES string of the molecule is CC(C)(C)OC(=O)N1CCC(CCN2CCc3sc(C(=O)O)cc3C2=O)CC1. The molecule has 0 unspecified atom stereocenters. The third-order valence-corrected chi connectivity index (χ3v) is 6.40. The minimum atomic E-state index is -0.976. The van der Waals surface area contributed by atoms with Crippen molar-refractivity contribution in [2.24, 2.45) is 5.92 Å². The quantitative estimate of drug-likeness (QED) is 0.824. The Morgan fingerprint density at radius 2 is 1.93 bits per heavy atom. The van der Waals surface area contributed by atoms with Crippen LogP contribution < -0.4 is 0 Å². The summed E-state index contributed by atoms with van der Waals surface area (Å²) >= 11 is 1.21. The second-order valence-electron chi connectivity index (χ2n) is 8.49. The Morgan fingerprint density at radius 3 is 2.54 bits per heavy atom. The molecule has 0 saturated carbocycles. The molecule has 7 nitrogen and oxygen atoms in total. The van der Waals surface area contributed by atoms with Gasteiger partial charge in [0.1, 0.15) is 10.5 Å². The van der Waals surface area contributed by atoms with E-state index >= 15 is 0 Å². The van der Waals surface area contributed by atoms with E-state index in [-0.39, 0.29) is 16.9 Å². The van der Waals surface area contributed by atoms with Gasteiger partial charge in [0.05, 0.1) is 5.56 Å². The van der Waals surface area contributed by atoms with Crippen LogP contribution in [0.15, 0.2) is 6.07 Å². The Labute approximate surface area is 169 Å². The van der Waals surface area contributed by atoms with Crippen molar-refractivity contribution in [3.63, 3.8) is 0 Å². The molecular weight excluding hydrogens is 380 g/mol. The minimum Gasteiger partial charge on any atom is -0.477 e. The van der Waals surface area contributed by atoms with Crippen molar-refractivity contribution in [2.75, 3.05) is 26.2 Å². The molecule has 1 fully saturated rings. The lowest BCUT2D eigenvalue weighted by Crippen LogP contribution is -2.43. The molecule has 0 bridgehead atoms. The molecule has 2 amide bonds. The van der Waals surface area contributed by atoms with Gasteiger partial charge in [-0.1, -0.05) is 0 Å². The molecule has 1 N–H and O–H groups in total. The smallest absolute Gasteiger partial charge is 0.410 e. The van der Waals surface area contributed by atoms with Crippen molar-refractivity contribution in [1.29, 1.82) is 0 Å². The molecule has 1 saturated heterocycles. The Hall–Kier alpha value is -2.09. The lowest BCUT2D eigenvalue weighted by Gasteiger charge is -2.34. The van der Waals surface area contributed by atoms with Gasteiger partial charge in [-0.25, -0.2) is 9.59 Å². The van der Waals surface area contributed by atoms with E-state index in [1.807, 2.05) is 25.7 Å². The van der Waals surface area contributed by atoms with Gasteiger partial charge in [-0.05, 0) is 52.0 Å². The van der Waals surface area contributed by atoms with Crippen LogP contribution in [-0.2, 0) is 11.2 Å². The van der Waals surface area contributed by atoms with Crippen molar-refractivity contribution in [3.05, 3.63) is 21.4 Å².